The van der Waals surface area contributed by atoms with E-state index >= 15 is 0 Å². The zero-order valence-electron chi connectivity index (χ0n) is 7.00. The van der Waals surface area contributed by atoms with Crippen LogP contribution in [0.2, 0.25) is 5.02 Å². The Bertz CT molecular complexity index is 326. The summed E-state index contributed by atoms with van der Waals surface area (Å²) in [5.74, 6) is 0.283. The van der Waals surface area contributed by atoms with Crippen LogP contribution in [0.5, 0.6) is 0 Å². The Balaban J connectivity index is 3.30. The van der Waals surface area contributed by atoms with E-state index in [1.165, 1.54) is 6.20 Å². The molecular weight excluding hydrogens is 172 g/mol. The highest BCUT2D eigenvalue weighted by Gasteiger charge is 2.09. The van der Waals surface area contributed by atoms with E-state index in [4.69, 9.17) is 16.9 Å². The van der Waals surface area contributed by atoms with Gasteiger partial charge in [-0.1, -0.05) is 25.4 Å². The van der Waals surface area contributed by atoms with Gasteiger partial charge in [-0.3, -0.25) is 4.98 Å². The van der Waals surface area contributed by atoms with Crippen molar-refractivity contribution >= 4 is 11.6 Å². The Kier molecular flexibility index (Phi) is 2.67. The number of nitrogens with zero attached hydrogens (tertiary/aromatic N) is 2. The van der Waals surface area contributed by atoms with E-state index in [9.17, 15) is 0 Å². The molecule has 0 unspecified atom stereocenters. The fourth-order valence-electron chi connectivity index (χ4n) is 1.01. The van der Waals surface area contributed by atoms with Crippen molar-refractivity contribution in [3.05, 3.63) is 28.5 Å². The molecule has 1 rings (SSSR count). The number of halogens is 1. The van der Waals surface area contributed by atoms with E-state index in [-0.39, 0.29) is 5.92 Å². The first-order valence-electron chi connectivity index (χ1n) is 3.70. The maximum absolute atomic E-state index is 8.79. The Hall–Kier alpha value is -1.07. The molecule has 0 aliphatic heterocycles. The van der Waals surface area contributed by atoms with Gasteiger partial charge in [0.25, 0.3) is 0 Å². The largest absolute Gasteiger partial charge is 0.263 e. The number of aromatic nitrogens is 1. The lowest BCUT2D eigenvalue weighted by molar-refractivity contribution is 0.854. The lowest BCUT2D eigenvalue weighted by atomic mass is 10.0. The molecule has 1 heterocycles. The fourth-order valence-corrected chi connectivity index (χ4v) is 1.21. The summed E-state index contributed by atoms with van der Waals surface area (Å²) in [5, 5.41) is 9.22. The second-order valence-electron chi connectivity index (χ2n) is 2.85. The van der Waals surface area contributed by atoms with Gasteiger partial charge in [0, 0.05) is 12.4 Å². The summed E-state index contributed by atoms with van der Waals surface area (Å²) < 4.78 is 0. The van der Waals surface area contributed by atoms with Crippen LogP contribution in [0.15, 0.2) is 12.4 Å². The molecule has 0 saturated heterocycles. The van der Waals surface area contributed by atoms with E-state index in [1.807, 2.05) is 13.8 Å². The van der Waals surface area contributed by atoms with Crippen molar-refractivity contribution in [2.24, 2.45) is 0 Å². The van der Waals surface area contributed by atoms with Gasteiger partial charge in [0.05, 0.1) is 10.6 Å². The van der Waals surface area contributed by atoms with Crippen LogP contribution >= 0.6 is 11.6 Å². The first-order chi connectivity index (χ1) is 5.66. The molecule has 3 heteroatoms. The number of hydrogen-bond acceptors (Lipinski definition) is 2. The van der Waals surface area contributed by atoms with Gasteiger partial charge < -0.3 is 0 Å². The highest BCUT2D eigenvalue weighted by Crippen LogP contribution is 2.23. The first-order valence-corrected chi connectivity index (χ1v) is 4.08. The summed E-state index contributed by atoms with van der Waals surface area (Å²) in [7, 11) is 0. The zero-order chi connectivity index (χ0) is 9.14. The van der Waals surface area contributed by atoms with E-state index < -0.39 is 0 Å². The van der Waals surface area contributed by atoms with Crippen molar-refractivity contribution < 1.29 is 0 Å². The van der Waals surface area contributed by atoms with Gasteiger partial charge in [0.15, 0.2) is 0 Å². The number of hydrogen-bond donors (Lipinski definition) is 0. The molecule has 0 aliphatic rings. The van der Waals surface area contributed by atoms with E-state index in [1.54, 1.807) is 6.20 Å². The molecule has 1 aromatic heterocycles. The molecule has 2 nitrogen and oxygen atoms in total. The molecule has 0 atom stereocenters. The second-order valence-corrected chi connectivity index (χ2v) is 3.26. The molecule has 0 amide bonds. The van der Waals surface area contributed by atoms with Crippen LogP contribution in [0, 0.1) is 11.3 Å². The SMILES string of the molecule is CC(C)c1cncc(Cl)c1C#N. The van der Waals surface area contributed by atoms with E-state index in [0.29, 0.717) is 10.6 Å². The monoisotopic (exact) mass is 180 g/mol. The van der Waals surface area contributed by atoms with Crippen molar-refractivity contribution in [3.8, 4) is 6.07 Å². The smallest absolute Gasteiger partial charge is 0.101 e. The van der Waals surface area contributed by atoms with Crippen molar-refractivity contribution in [2.75, 3.05) is 0 Å². The first kappa shape index (κ1) is 9.02. The molecule has 12 heavy (non-hydrogen) atoms. The molecule has 0 aromatic carbocycles. The van der Waals surface area contributed by atoms with Gasteiger partial charge in [0.2, 0.25) is 0 Å². The maximum atomic E-state index is 8.79. The molecule has 0 spiro atoms. The fraction of sp³-hybridized carbons (Fsp3) is 0.333. The molecule has 1 aromatic rings. The van der Waals surface area contributed by atoms with Gasteiger partial charge >= 0.3 is 0 Å². The van der Waals surface area contributed by atoms with Crippen LogP contribution in [0.3, 0.4) is 0 Å². The Morgan fingerprint density at radius 3 is 2.58 bits per heavy atom. The zero-order valence-corrected chi connectivity index (χ0v) is 7.76. The van der Waals surface area contributed by atoms with Gasteiger partial charge in [-0.05, 0) is 11.5 Å². The van der Waals surface area contributed by atoms with Crippen LogP contribution < -0.4 is 0 Å². The predicted molar refractivity (Wildman–Crippen MR) is 48.1 cm³/mol. The average molecular weight is 181 g/mol. The van der Waals surface area contributed by atoms with Crippen LogP contribution in [-0.4, -0.2) is 4.98 Å². The van der Waals surface area contributed by atoms with E-state index in [0.717, 1.165) is 5.56 Å². The summed E-state index contributed by atoms with van der Waals surface area (Å²) in [6.07, 6.45) is 3.18. The van der Waals surface area contributed by atoms with Crippen LogP contribution in [0.1, 0.15) is 30.9 Å². The molecule has 0 fully saturated rings. The van der Waals surface area contributed by atoms with Gasteiger partial charge in [-0.25, -0.2) is 0 Å². The Morgan fingerprint density at radius 1 is 1.50 bits per heavy atom. The van der Waals surface area contributed by atoms with Crippen LogP contribution in [0.25, 0.3) is 0 Å². The van der Waals surface area contributed by atoms with Crippen LogP contribution in [-0.2, 0) is 0 Å². The summed E-state index contributed by atoms with van der Waals surface area (Å²) in [6.45, 7) is 4.02. The molecule has 62 valence electrons. The van der Waals surface area contributed by atoms with Gasteiger partial charge in [-0.2, -0.15) is 5.26 Å². The van der Waals surface area contributed by atoms with Crippen molar-refractivity contribution in [3.63, 3.8) is 0 Å². The van der Waals surface area contributed by atoms with Gasteiger partial charge in [-0.15, -0.1) is 0 Å². The number of nitriles is 1. The summed E-state index contributed by atoms with van der Waals surface area (Å²) in [6, 6.07) is 2.07. The molecule has 0 N–H and O–H groups in total. The average Bonchev–Trinajstić information content (AvgIpc) is 2.03. The predicted octanol–water partition coefficient (Wildman–Crippen LogP) is 2.73. The van der Waals surface area contributed by atoms with Crippen molar-refractivity contribution in [1.82, 2.24) is 4.98 Å². The molecule has 0 radical (unpaired) electrons. The molecule has 0 saturated carbocycles. The maximum Gasteiger partial charge on any atom is 0.101 e. The van der Waals surface area contributed by atoms with Gasteiger partial charge in [0.1, 0.15) is 6.07 Å². The highest BCUT2D eigenvalue weighted by atomic mass is 35.5. The highest BCUT2D eigenvalue weighted by molar-refractivity contribution is 6.31. The third-order valence-corrected chi connectivity index (χ3v) is 1.95. The van der Waals surface area contributed by atoms with E-state index in [2.05, 4.69) is 11.1 Å². The summed E-state index contributed by atoms with van der Waals surface area (Å²) >= 11 is 5.79. The van der Waals surface area contributed by atoms with Crippen molar-refractivity contribution in [2.45, 2.75) is 19.8 Å². The molecular formula is C9H9ClN2. The molecule has 0 bridgehead atoms. The minimum absolute atomic E-state index is 0.283. The lowest BCUT2D eigenvalue weighted by Crippen LogP contribution is -1.94. The number of rotatable bonds is 1. The third kappa shape index (κ3) is 1.57. The minimum atomic E-state index is 0.283. The lowest BCUT2D eigenvalue weighted by Gasteiger charge is -2.06. The standard InChI is InChI=1S/C9H9ClN2/c1-6(2)8-4-12-5-9(10)7(8)3-11/h4-6H,1-2H3. The Morgan fingerprint density at radius 2 is 2.17 bits per heavy atom. The van der Waals surface area contributed by atoms with Crippen molar-refractivity contribution in [1.29, 1.82) is 5.26 Å². The summed E-state index contributed by atoms with van der Waals surface area (Å²) in [5.41, 5.74) is 1.45. The number of pyridine rings is 1. The van der Waals surface area contributed by atoms with Crippen LogP contribution in [0.4, 0.5) is 0 Å². The Labute approximate surface area is 76.8 Å². The molecule has 0 aliphatic carbocycles. The second kappa shape index (κ2) is 3.55. The summed E-state index contributed by atoms with van der Waals surface area (Å²) in [4.78, 5) is 3.93. The quantitative estimate of drug-likeness (QED) is 0.667. The minimum Gasteiger partial charge on any atom is -0.263 e. The normalized spacial score (nSPS) is 9.92. The topological polar surface area (TPSA) is 36.7 Å². The third-order valence-electron chi connectivity index (χ3n) is 1.66.